The fourth-order valence-electron chi connectivity index (χ4n) is 4.41. The van der Waals surface area contributed by atoms with Crippen LogP contribution in [-0.4, -0.2) is 81.1 Å². The van der Waals surface area contributed by atoms with Crippen LogP contribution in [0.15, 0.2) is 11.6 Å². The van der Waals surface area contributed by atoms with Gasteiger partial charge in [0.1, 0.15) is 0 Å². The minimum atomic E-state index is -3.10. The third-order valence-electron chi connectivity index (χ3n) is 5.97. The summed E-state index contributed by atoms with van der Waals surface area (Å²) < 4.78 is 29.9. The highest BCUT2D eigenvalue weighted by Crippen LogP contribution is 2.44. The van der Waals surface area contributed by atoms with E-state index >= 15 is 0 Å². The summed E-state index contributed by atoms with van der Waals surface area (Å²) in [4.78, 5) is 17.3. The molecule has 0 radical (unpaired) electrons. The molecule has 0 aromatic rings. The number of methoxy groups -OCH3 is 1. The van der Waals surface area contributed by atoms with Gasteiger partial charge in [0.2, 0.25) is 5.91 Å². The second-order valence-electron chi connectivity index (χ2n) is 8.05. The summed E-state index contributed by atoms with van der Waals surface area (Å²) in [6.07, 6.45) is 4.88. The van der Waals surface area contributed by atoms with Crippen molar-refractivity contribution in [2.24, 2.45) is 5.41 Å². The fourth-order valence-corrected chi connectivity index (χ4v) is 6.42. The van der Waals surface area contributed by atoms with E-state index in [1.165, 1.54) is 5.57 Å². The van der Waals surface area contributed by atoms with Gasteiger partial charge >= 0.3 is 0 Å². The molecule has 25 heavy (non-hydrogen) atoms. The number of hydrogen-bond donors (Lipinski definition) is 0. The number of amides is 1. The van der Waals surface area contributed by atoms with Crippen LogP contribution in [0.2, 0.25) is 0 Å². The molecular weight excluding hydrogens is 340 g/mol. The van der Waals surface area contributed by atoms with Crippen LogP contribution in [-0.2, 0) is 19.4 Å². The summed E-state index contributed by atoms with van der Waals surface area (Å²) in [6, 6.07) is -0.302. The number of nitrogens with zero attached hydrogens (tertiary/aromatic N) is 2. The number of ether oxygens (including phenoxy) is 1. The number of piperazine rings is 1. The zero-order valence-electron chi connectivity index (χ0n) is 15.5. The van der Waals surface area contributed by atoms with Gasteiger partial charge < -0.3 is 9.64 Å². The van der Waals surface area contributed by atoms with Crippen molar-refractivity contribution in [2.75, 3.05) is 44.9 Å². The van der Waals surface area contributed by atoms with E-state index in [0.717, 1.165) is 32.4 Å². The zero-order valence-corrected chi connectivity index (χ0v) is 16.3. The molecule has 0 unspecified atom stereocenters. The van der Waals surface area contributed by atoms with Crippen molar-refractivity contribution in [3.05, 3.63) is 11.6 Å². The molecule has 0 bridgehead atoms. The molecular formula is C18H30N2O4S. The molecule has 0 aromatic heterocycles. The Morgan fingerprint density at radius 1 is 1.20 bits per heavy atom. The molecule has 0 aromatic carbocycles. The van der Waals surface area contributed by atoms with Crippen LogP contribution in [0.4, 0.5) is 0 Å². The van der Waals surface area contributed by atoms with E-state index in [1.54, 1.807) is 7.11 Å². The van der Waals surface area contributed by atoms with Crippen molar-refractivity contribution in [3.8, 4) is 0 Å². The smallest absolute Gasteiger partial charge is 0.231 e. The first-order valence-electron chi connectivity index (χ1n) is 9.16. The van der Waals surface area contributed by atoms with Crippen LogP contribution < -0.4 is 0 Å². The molecule has 142 valence electrons. The predicted octanol–water partition coefficient (Wildman–Crippen LogP) is 1.08. The number of carbonyl (C=O) groups is 1. The van der Waals surface area contributed by atoms with Gasteiger partial charge in [-0.3, -0.25) is 9.69 Å². The summed E-state index contributed by atoms with van der Waals surface area (Å²) in [5, 5.41) is 0. The number of sulfone groups is 1. The Morgan fingerprint density at radius 3 is 2.44 bits per heavy atom. The van der Waals surface area contributed by atoms with Gasteiger partial charge in [0, 0.05) is 32.8 Å². The Balaban J connectivity index is 1.81. The van der Waals surface area contributed by atoms with Crippen molar-refractivity contribution in [1.29, 1.82) is 0 Å². The van der Waals surface area contributed by atoms with Gasteiger partial charge in [-0.15, -0.1) is 0 Å². The molecule has 2 heterocycles. The first kappa shape index (κ1) is 18.9. The lowest BCUT2D eigenvalue weighted by Gasteiger charge is -2.49. The van der Waals surface area contributed by atoms with Gasteiger partial charge in [0.05, 0.1) is 29.6 Å². The molecule has 1 amide bonds. The first-order valence-corrected chi connectivity index (χ1v) is 11.0. The third kappa shape index (κ3) is 3.64. The van der Waals surface area contributed by atoms with Crippen LogP contribution in [0.3, 0.4) is 0 Å². The summed E-state index contributed by atoms with van der Waals surface area (Å²) >= 11 is 0. The molecule has 2 atom stereocenters. The van der Waals surface area contributed by atoms with E-state index in [-0.39, 0.29) is 29.5 Å². The molecule has 1 aliphatic carbocycles. The highest BCUT2D eigenvalue weighted by Gasteiger charge is 2.53. The van der Waals surface area contributed by atoms with Crippen LogP contribution >= 0.6 is 0 Å². The fraction of sp³-hybridized carbons (Fsp3) is 0.833. The van der Waals surface area contributed by atoms with Crippen molar-refractivity contribution < 1.29 is 17.9 Å². The van der Waals surface area contributed by atoms with Crippen LogP contribution in [0.1, 0.15) is 33.1 Å². The lowest BCUT2D eigenvalue weighted by molar-refractivity contribution is -0.158. The van der Waals surface area contributed by atoms with E-state index in [9.17, 15) is 13.2 Å². The molecule has 3 aliphatic rings. The molecule has 0 N–H and O–H groups in total. The van der Waals surface area contributed by atoms with E-state index < -0.39 is 15.3 Å². The lowest BCUT2D eigenvalue weighted by atomic mass is 9.68. The predicted molar refractivity (Wildman–Crippen MR) is 97.1 cm³/mol. The first-order chi connectivity index (χ1) is 11.8. The highest BCUT2D eigenvalue weighted by atomic mass is 32.2. The molecule has 2 aliphatic heterocycles. The van der Waals surface area contributed by atoms with Gasteiger partial charge in [-0.2, -0.15) is 0 Å². The van der Waals surface area contributed by atoms with Gasteiger partial charge in [0.15, 0.2) is 9.84 Å². The van der Waals surface area contributed by atoms with Gasteiger partial charge in [-0.05, 0) is 26.7 Å². The van der Waals surface area contributed by atoms with Crippen LogP contribution in [0.25, 0.3) is 0 Å². The number of allylic oxidation sites excluding steroid dienone is 1. The topological polar surface area (TPSA) is 66.9 Å². The molecule has 1 saturated carbocycles. The molecule has 0 spiro atoms. The molecule has 6 nitrogen and oxygen atoms in total. The monoisotopic (exact) mass is 370 g/mol. The molecule has 7 heteroatoms. The van der Waals surface area contributed by atoms with Crippen LogP contribution in [0, 0.1) is 5.41 Å². The number of fused-ring (bicyclic) bond motifs is 1. The van der Waals surface area contributed by atoms with Crippen molar-refractivity contribution in [2.45, 2.75) is 45.2 Å². The van der Waals surface area contributed by atoms with Crippen molar-refractivity contribution in [1.82, 2.24) is 9.80 Å². The van der Waals surface area contributed by atoms with Crippen LogP contribution in [0.5, 0.6) is 0 Å². The average Bonchev–Trinajstić information content (AvgIpc) is 2.82. The number of hydrogen-bond acceptors (Lipinski definition) is 5. The molecule has 3 fully saturated rings. The lowest BCUT2D eigenvalue weighted by Crippen LogP contribution is -2.64. The summed E-state index contributed by atoms with van der Waals surface area (Å²) in [5.41, 5.74) is 0.803. The van der Waals surface area contributed by atoms with Gasteiger partial charge in [0.25, 0.3) is 0 Å². The molecule has 3 rings (SSSR count). The van der Waals surface area contributed by atoms with E-state index in [4.69, 9.17) is 4.74 Å². The van der Waals surface area contributed by atoms with Crippen molar-refractivity contribution >= 4 is 15.7 Å². The minimum absolute atomic E-state index is 0.0852. The van der Waals surface area contributed by atoms with Crippen molar-refractivity contribution in [3.63, 3.8) is 0 Å². The maximum atomic E-state index is 13.2. The maximum absolute atomic E-state index is 13.2. The summed E-state index contributed by atoms with van der Waals surface area (Å²) in [6.45, 7) is 6.63. The average molecular weight is 371 g/mol. The third-order valence-corrected chi connectivity index (χ3v) is 7.67. The minimum Gasteiger partial charge on any atom is -0.384 e. The zero-order chi connectivity index (χ0) is 18.2. The largest absolute Gasteiger partial charge is 0.384 e. The number of carbonyl (C=O) groups excluding carboxylic acids is 1. The maximum Gasteiger partial charge on any atom is 0.231 e. The second-order valence-corrected chi connectivity index (χ2v) is 10.2. The van der Waals surface area contributed by atoms with E-state index in [1.807, 2.05) is 18.7 Å². The SMILES string of the molecule is COCC1(C(=O)N2CCN(CC=C(C)C)[C@H]3CS(=O)(=O)C[C@H]32)CCC1. The quantitative estimate of drug-likeness (QED) is 0.678. The Morgan fingerprint density at radius 2 is 1.88 bits per heavy atom. The standard InChI is InChI=1S/C18H30N2O4S/c1-14(2)5-8-19-9-10-20(16-12-25(22,23)11-15(16)19)17(21)18(13-24-3)6-4-7-18/h5,15-16H,4,6-13H2,1-3H3/t15-,16+/m0/s1. The number of rotatable bonds is 5. The summed E-state index contributed by atoms with van der Waals surface area (Å²) in [5.74, 6) is 0.363. The normalized spacial score (nSPS) is 30.4. The Hall–Kier alpha value is -0.920. The van der Waals surface area contributed by atoms with E-state index in [2.05, 4.69) is 11.0 Å². The Kier molecular flexibility index (Phi) is 5.28. The summed E-state index contributed by atoms with van der Waals surface area (Å²) in [7, 11) is -1.47. The second kappa shape index (κ2) is 7.00. The Labute approximate surface area is 151 Å². The van der Waals surface area contributed by atoms with E-state index in [0.29, 0.717) is 13.2 Å². The molecule has 2 saturated heterocycles. The highest BCUT2D eigenvalue weighted by molar-refractivity contribution is 7.91. The van der Waals surface area contributed by atoms with Gasteiger partial charge in [-0.25, -0.2) is 8.42 Å². The van der Waals surface area contributed by atoms with Gasteiger partial charge in [-0.1, -0.05) is 18.1 Å². The Bertz CT molecular complexity index is 650.